The summed E-state index contributed by atoms with van der Waals surface area (Å²) in [5.41, 5.74) is 3.04. The molecule has 0 atom stereocenters. The molecule has 1 amide bonds. The summed E-state index contributed by atoms with van der Waals surface area (Å²) in [5.74, 6) is 0.0954. The van der Waals surface area contributed by atoms with Crippen LogP contribution in [0.2, 0.25) is 0 Å². The van der Waals surface area contributed by atoms with E-state index in [0.717, 1.165) is 29.8 Å². The molecule has 1 aromatic carbocycles. The molecule has 0 saturated carbocycles. The van der Waals surface area contributed by atoms with Crippen LogP contribution in [-0.4, -0.2) is 31.2 Å². The Hall–Kier alpha value is -1.39. The predicted octanol–water partition coefficient (Wildman–Crippen LogP) is 0.287. The Morgan fingerprint density at radius 2 is 2.38 bits per heavy atom. The van der Waals surface area contributed by atoms with Gasteiger partial charge in [-0.25, -0.2) is 0 Å². The molecule has 4 nitrogen and oxygen atoms in total. The van der Waals surface area contributed by atoms with Crippen LogP contribution in [0, 0.1) is 0 Å². The zero-order chi connectivity index (χ0) is 11.5. The first-order valence-electron chi connectivity index (χ1n) is 5.44. The number of aliphatic hydroxyl groups is 1. The average molecular weight is 220 g/mol. The molecule has 0 bridgehead atoms. The van der Waals surface area contributed by atoms with Gasteiger partial charge in [0.1, 0.15) is 0 Å². The van der Waals surface area contributed by atoms with E-state index in [9.17, 15) is 4.79 Å². The Kier molecular flexibility index (Phi) is 3.22. The van der Waals surface area contributed by atoms with Crippen LogP contribution in [0.1, 0.15) is 11.1 Å². The standard InChI is InChI=1S/C12H16N2O2/c1-13-7-12(16)14-5-4-10-6-9(8-15)2-3-11(10)14/h2-3,6,13,15H,4-5,7-8H2,1H3. The summed E-state index contributed by atoms with van der Waals surface area (Å²) in [5, 5.41) is 11.9. The first kappa shape index (κ1) is 11.1. The van der Waals surface area contributed by atoms with Gasteiger partial charge in [0.25, 0.3) is 0 Å². The maximum Gasteiger partial charge on any atom is 0.240 e. The Labute approximate surface area is 94.9 Å². The summed E-state index contributed by atoms with van der Waals surface area (Å²) >= 11 is 0. The van der Waals surface area contributed by atoms with Gasteiger partial charge in [-0.3, -0.25) is 4.79 Å². The molecule has 0 fully saturated rings. The molecular weight excluding hydrogens is 204 g/mol. The number of nitrogens with one attached hydrogen (secondary N) is 1. The first-order valence-corrected chi connectivity index (χ1v) is 5.44. The molecule has 0 unspecified atom stereocenters. The summed E-state index contributed by atoms with van der Waals surface area (Å²) in [6.07, 6.45) is 0.874. The number of carbonyl (C=O) groups is 1. The van der Waals surface area contributed by atoms with Gasteiger partial charge in [0.15, 0.2) is 0 Å². The fourth-order valence-corrected chi connectivity index (χ4v) is 2.06. The second-order valence-electron chi connectivity index (χ2n) is 3.95. The highest BCUT2D eigenvalue weighted by molar-refractivity contribution is 5.96. The van der Waals surface area contributed by atoms with Gasteiger partial charge in [0.2, 0.25) is 5.91 Å². The third-order valence-electron chi connectivity index (χ3n) is 2.85. The van der Waals surface area contributed by atoms with E-state index in [0.29, 0.717) is 6.54 Å². The van der Waals surface area contributed by atoms with Gasteiger partial charge in [-0.1, -0.05) is 12.1 Å². The lowest BCUT2D eigenvalue weighted by Crippen LogP contribution is -2.35. The van der Waals surface area contributed by atoms with Crippen LogP contribution in [-0.2, 0) is 17.8 Å². The van der Waals surface area contributed by atoms with E-state index in [1.54, 1.807) is 11.9 Å². The molecule has 2 N–H and O–H groups in total. The van der Waals surface area contributed by atoms with Gasteiger partial charge < -0.3 is 15.3 Å². The Morgan fingerprint density at radius 3 is 3.06 bits per heavy atom. The summed E-state index contributed by atoms with van der Waals surface area (Å²) in [6, 6.07) is 5.76. The van der Waals surface area contributed by atoms with E-state index in [1.165, 1.54) is 0 Å². The smallest absolute Gasteiger partial charge is 0.240 e. The summed E-state index contributed by atoms with van der Waals surface area (Å²) in [4.78, 5) is 13.6. The third-order valence-corrected chi connectivity index (χ3v) is 2.85. The molecule has 16 heavy (non-hydrogen) atoms. The van der Waals surface area contributed by atoms with Gasteiger partial charge in [0, 0.05) is 12.2 Å². The van der Waals surface area contributed by atoms with Crippen LogP contribution in [0.3, 0.4) is 0 Å². The maximum atomic E-state index is 11.8. The van der Waals surface area contributed by atoms with Crippen LogP contribution in [0.5, 0.6) is 0 Å². The topological polar surface area (TPSA) is 52.6 Å². The van der Waals surface area contributed by atoms with Crippen molar-refractivity contribution in [3.63, 3.8) is 0 Å². The average Bonchev–Trinajstić information content (AvgIpc) is 2.71. The van der Waals surface area contributed by atoms with Gasteiger partial charge >= 0.3 is 0 Å². The molecule has 86 valence electrons. The highest BCUT2D eigenvalue weighted by Gasteiger charge is 2.23. The van der Waals surface area contributed by atoms with Crippen LogP contribution in [0.25, 0.3) is 0 Å². The summed E-state index contributed by atoms with van der Waals surface area (Å²) in [6.45, 7) is 1.16. The van der Waals surface area contributed by atoms with E-state index < -0.39 is 0 Å². The first-order chi connectivity index (χ1) is 7.76. The number of nitrogens with zero attached hydrogens (tertiary/aromatic N) is 1. The minimum atomic E-state index is 0.0533. The number of hydrogen-bond donors (Lipinski definition) is 2. The van der Waals surface area contributed by atoms with Crippen LogP contribution in [0.15, 0.2) is 18.2 Å². The lowest BCUT2D eigenvalue weighted by Gasteiger charge is -2.17. The second kappa shape index (κ2) is 4.63. The number of amides is 1. The summed E-state index contributed by atoms with van der Waals surface area (Å²) in [7, 11) is 1.77. The molecule has 2 rings (SSSR count). The van der Waals surface area contributed by atoms with Crippen LogP contribution < -0.4 is 10.2 Å². The van der Waals surface area contributed by atoms with Crippen molar-refractivity contribution < 1.29 is 9.90 Å². The summed E-state index contributed by atoms with van der Waals surface area (Å²) < 4.78 is 0. The molecule has 1 aliphatic rings. The third kappa shape index (κ3) is 1.94. The molecular formula is C12H16N2O2. The predicted molar refractivity (Wildman–Crippen MR) is 62.3 cm³/mol. The number of benzene rings is 1. The number of fused-ring (bicyclic) bond motifs is 1. The number of likely N-dealkylation sites (N-methyl/N-ethyl adjacent to an activating group) is 1. The van der Waals surface area contributed by atoms with E-state index in [-0.39, 0.29) is 12.5 Å². The number of aliphatic hydroxyl groups excluding tert-OH is 1. The van der Waals surface area contributed by atoms with Gasteiger partial charge in [-0.2, -0.15) is 0 Å². The lowest BCUT2D eigenvalue weighted by atomic mass is 10.1. The van der Waals surface area contributed by atoms with Crippen LogP contribution in [0.4, 0.5) is 5.69 Å². The largest absolute Gasteiger partial charge is 0.392 e. The van der Waals surface area contributed by atoms with Crippen molar-refractivity contribution in [2.75, 3.05) is 25.0 Å². The molecule has 0 aromatic heterocycles. The van der Waals surface area contributed by atoms with E-state index in [4.69, 9.17) is 5.11 Å². The van der Waals surface area contributed by atoms with Gasteiger partial charge in [-0.05, 0) is 30.7 Å². The highest BCUT2D eigenvalue weighted by atomic mass is 16.3. The van der Waals surface area contributed by atoms with Crippen molar-refractivity contribution >= 4 is 11.6 Å². The van der Waals surface area contributed by atoms with Gasteiger partial charge in [-0.15, -0.1) is 0 Å². The normalized spacial score (nSPS) is 14.0. The zero-order valence-electron chi connectivity index (χ0n) is 9.36. The van der Waals surface area contributed by atoms with E-state index in [2.05, 4.69) is 5.32 Å². The van der Waals surface area contributed by atoms with Crippen molar-refractivity contribution in [3.05, 3.63) is 29.3 Å². The number of hydrogen-bond acceptors (Lipinski definition) is 3. The van der Waals surface area contributed by atoms with Crippen molar-refractivity contribution in [2.45, 2.75) is 13.0 Å². The Morgan fingerprint density at radius 1 is 1.56 bits per heavy atom. The fourth-order valence-electron chi connectivity index (χ4n) is 2.06. The Bertz CT molecular complexity index is 404. The molecule has 0 radical (unpaired) electrons. The van der Waals surface area contributed by atoms with Gasteiger partial charge in [0.05, 0.1) is 13.2 Å². The quantitative estimate of drug-likeness (QED) is 0.769. The SMILES string of the molecule is CNCC(=O)N1CCc2cc(CO)ccc21. The zero-order valence-corrected chi connectivity index (χ0v) is 9.36. The van der Waals surface area contributed by atoms with Crippen molar-refractivity contribution in [2.24, 2.45) is 0 Å². The van der Waals surface area contributed by atoms with Crippen molar-refractivity contribution in [1.82, 2.24) is 5.32 Å². The highest BCUT2D eigenvalue weighted by Crippen LogP contribution is 2.28. The molecule has 1 aromatic rings. The second-order valence-corrected chi connectivity index (χ2v) is 3.95. The molecule has 1 aliphatic heterocycles. The van der Waals surface area contributed by atoms with Crippen LogP contribution >= 0.6 is 0 Å². The molecule has 4 heteroatoms. The van der Waals surface area contributed by atoms with E-state index in [1.807, 2.05) is 18.2 Å². The van der Waals surface area contributed by atoms with Crippen molar-refractivity contribution in [1.29, 1.82) is 0 Å². The molecule has 0 saturated heterocycles. The monoisotopic (exact) mass is 220 g/mol. The van der Waals surface area contributed by atoms with Crippen molar-refractivity contribution in [3.8, 4) is 0 Å². The number of carbonyl (C=O) groups excluding carboxylic acids is 1. The van der Waals surface area contributed by atoms with E-state index >= 15 is 0 Å². The fraction of sp³-hybridized carbons (Fsp3) is 0.417. The molecule has 0 spiro atoms. The minimum Gasteiger partial charge on any atom is -0.392 e. The molecule has 1 heterocycles. The number of rotatable bonds is 3. The minimum absolute atomic E-state index is 0.0533. The Balaban J connectivity index is 2.23. The molecule has 0 aliphatic carbocycles. The lowest BCUT2D eigenvalue weighted by molar-refractivity contribution is -0.117. The number of anilines is 1. The maximum absolute atomic E-state index is 11.8.